The van der Waals surface area contributed by atoms with Gasteiger partial charge in [-0.25, -0.2) is 0 Å². The Bertz CT molecular complexity index is 1120. The molecule has 5 heteroatoms. The molecule has 0 saturated heterocycles. The van der Waals surface area contributed by atoms with Crippen LogP contribution in [0.5, 0.6) is 0 Å². The second-order valence-corrected chi connectivity index (χ2v) is 8.64. The molecule has 0 amide bonds. The summed E-state index contributed by atoms with van der Waals surface area (Å²) in [5, 5.41) is 15.3. The number of aliphatic hydroxyl groups excluding tert-OH is 1. The molecule has 3 radical (unpaired) electrons. The van der Waals surface area contributed by atoms with Crippen LogP contribution in [0.4, 0.5) is 0 Å². The van der Waals surface area contributed by atoms with Crippen LogP contribution in [0.1, 0.15) is 35.3 Å². The number of aryl methyl sites for hydroxylation is 2. The Hall–Kier alpha value is -1.09. The molecule has 0 bridgehead atoms. The summed E-state index contributed by atoms with van der Waals surface area (Å²) in [4.78, 5) is 0. The summed E-state index contributed by atoms with van der Waals surface area (Å²) >= 11 is 0. The van der Waals surface area contributed by atoms with Gasteiger partial charge in [0.25, 0.3) is 0 Å². The molecule has 4 aromatic rings. The maximum Gasteiger partial charge on any atom is 3.00 e. The number of hydrogen-bond donors (Lipinski definition) is 1. The van der Waals surface area contributed by atoms with E-state index in [1.54, 1.807) is 0 Å². The quantitative estimate of drug-likeness (QED) is 0.254. The molecule has 1 nitrogen and oxygen atoms in total. The summed E-state index contributed by atoms with van der Waals surface area (Å²) in [5.74, 6) is 0. The van der Waals surface area contributed by atoms with Crippen molar-refractivity contribution in [1.82, 2.24) is 0 Å². The van der Waals surface area contributed by atoms with Crippen molar-refractivity contribution in [1.29, 1.82) is 0 Å². The van der Waals surface area contributed by atoms with Gasteiger partial charge in [-0.2, -0.15) is 0 Å². The molecule has 0 aromatic heterocycles. The Morgan fingerprint density at radius 1 is 0.750 bits per heavy atom. The molecule has 1 N–H and O–H groups in total. The molecule has 1 unspecified atom stereocenters. The number of benzene rings is 3. The van der Waals surface area contributed by atoms with Gasteiger partial charge in [-0.1, -0.05) is 67.7 Å². The Balaban J connectivity index is 0.000000495. The second kappa shape index (κ2) is 14.2. The predicted octanol–water partition coefficient (Wildman–Crippen LogP) is 1.26. The van der Waals surface area contributed by atoms with Gasteiger partial charge in [-0.05, 0) is 48.6 Å². The molecule has 1 atom stereocenters. The van der Waals surface area contributed by atoms with Crippen molar-refractivity contribution in [2.45, 2.75) is 40.0 Å². The van der Waals surface area contributed by atoms with Crippen LogP contribution in [0, 0.1) is 13.8 Å². The van der Waals surface area contributed by atoms with E-state index in [0.29, 0.717) is 0 Å². The molecule has 32 heavy (non-hydrogen) atoms. The average Bonchev–Trinajstić information content (AvgIpc) is 3.24. The van der Waals surface area contributed by atoms with Crippen LogP contribution < -0.4 is 24.8 Å². The van der Waals surface area contributed by atoms with Crippen LogP contribution in [-0.2, 0) is 26.2 Å². The largest absolute Gasteiger partial charge is 3.00 e. The van der Waals surface area contributed by atoms with Gasteiger partial charge in [-0.15, -0.1) is 39.7 Å². The van der Waals surface area contributed by atoms with E-state index in [-0.39, 0.29) is 57.1 Å². The number of fused-ring (bicyclic) bond motifs is 4. The smallest absolute Gasteiger partial charge is 1.00 e. The Kier molecular flexibility index (Phi) is 13.7. The molecule has 4 aromatic carbocycles. The first-order valence-electron chi connectivity index (χ1n) is 10.1. The Labute approximate surface area is 226 Å². The Morgan fingerprint density at radius 3 is 1.66 bits per heavy atom. The minimum Gasteiger partial charge on any atom is -1.00 e. The SMILES string of the molecule is CC1=Cc2c(C)ccc(C)c2C1O.C[Si]C.[Cl-].[Cl-].[Zr+3].c1ccc2c(c1)[cH-]c1ccccc12. The van der Waals surface area contributed by atoms with Gasteiger partial charge in [0.15, 0.2) is 0 Å². The van der Waals surface area contributed by atoms with E-state index in [1.165, 1.54) is 38.2 Å². The zero-order chi connectivity index (χ0) is 21.0. The summed E-state index contributed by atoms with van der Waals surface area (Å²) in [6.07, 6.45) is 1.71. The topological polar surface area (TPSA) is 20.2 Å². The number of rotatable bonds is 0. The zero-order valence-electron chi connectivity index (χ0n) is 19.2. The van der Waals surface area contributed by atoms with Crippen LogP contribution in [0.15, 0.2) is 72.3 Å². The number of hydrogen-bond acceptors (Lipinski definition) is 1. The van der Waals surface area contributed by atoms with Crippen LogP contribution in [-0.4, -0.2) is 14.6 Å². The number of halogens is 2. The molecule has 0 aliphatic heterocycles. The van der Waals surface area contributed by atoms with Gasteiger partial charge in [-0.3, -0.25) is 0 Å². The maximum absolute atomic E-state index is 9.89. The summed E-state index contributed by atoms with van der Waals surface area (Å²) in [7, 11) is 1.08. The molecule has 165 valence electrons. The van der Waals surface area contributed by atoms with E-state index in [0.717, 1.165) is 20.7 Å². The minimum absolute atomic E-state index is 0. The van der Waals surface area contributed by atoms with E-state index in [2.05, 4.69) is 92.8 Å². The van der Waals surface area contributed by atoms with Crippen molar-refractivity contribution in [3.63, 3.8) is 0 Å². The van der Waals surface area contributed by atoms with E-state index >= 15 is 0 Å². The van der Waals surface area contributed by atoms with Crippen molar-refractivity contribution < 1.29 is 56.1 Å². The van der Waals surface area contributed by atoms with Gasteiger partial charge in [0.2, 0.25) is 0 Å². The Morgan fingerprint density at radius 2 is 1.19 bits per heavy atom. The van der Waals surface area contributed by atoms with Crippen molar-refractivity contribution >= 4 is 37.1 Å². The van der Waals surface area contributed by atoms with E-state index in [4.69, 9.17) is 0 Å². The third-order valence-electron chi connectivity index (χ3n) is 5.32. The summed E-state index contributed by atoms with van der Waals surface area (Å²) in [6.45, 7) is 10.4. The van der Waals surface area contributed by atoms with Gasteiger partial charge >= 0.3 is 26.2 Å². The standard InChI is InChI=1S/C13H9.C12H14O.C2H6Si.2ClH.Zr/c1-3-7-12-10(5-1)9-11-6-2-4-8-13(11)12;1-7-4-5-8(2)11-10(7)6-9(3)12(11)13;1-3-2;;;/h1-9H;4-6,12-13H,1-3H3;1-2H3;2*1H;/q-1;;;;;+3/p-2. The predicted molar refractivity (Wildman–Crippen MR) is 129 cm³/mol. The first-order chi connectivity index (χ1) is 14.0. The molecule has 0 fully saturated rings. The van der Waals surface area contributed by atoms with Crippen LogP contribution in [0.25, 0.3) is 27.6 Å². The maximum atomic E-state index is 9.89. The number of aliphatic hydroxyl groups is 1. The molecule has 0 spiro atoms. The van der Waals surface area contributed by atoms with Crippen molar-refractivity contribution in [2.24, 2.45) is 0 Å². The molecular weight excluding hydrogens is 531 g/mol. The fourth-order valence-electron chi connectivity index (χ4n) is 3.85. The first-order valence-corrected chi connectivity index (χ1v) is 12.1. The fourth-order valence-corrected chi connectivity index (χ4v) is 3.85. The minimum atomic E-state index is -0.380. The molecule has 5 rings (SSSR count). The molecule has 0 heterocycles. The third kappa shape index (κ3) is 6.72. The van der Waals surface area contributed by atoms with E-state index < -0.39 is 0 Å². The van der Waals surface area contributed by atoms with Crippen LogP contribution in [0.2, 0.25) is 13.1 Å². The van der Waals surface area contributed by atoms with Gasteiger partial charge in [0.05, 0.1) is 0 Å². The van der Waals surface area contributed by atoms with Crippen LogP contribution >= 0.6 is 0 Å². The van der Waals surface area contributed by atoms with Crippen LogP contribution in [0.3, 0.4) is 0 Å². The summed E-state index contributed by atoms with van der Waals surface area (Å²) in [6, 6.07) is 23.5. The fraction of sp³-hybridized carbons (Fsp3) is 0.222. The van der Waals surface area contributed by atoms with Crippen molar-refractivity contribution in [3.8, 4) is 0 Å². The van der Waals surface area contributed by atoms with Gasteiger partial charge in [0, 0.05) is 9.52 Å². The molecular formula is C27H29Cl2OSiZr. The van der Waals surface area contributed by atoms with Crippen molar-refractivity contribution in [2.75, 3.05) is 0 Å². The monoisotopic (exact) mass is 557 g/mol. The van der Waals surface area contributed by atoms with E-state index in [1.807, 2.05) is 13.8 Å². The second-order valence-electron chi connectivity index (χ2n) is 7.64. The zero-order valence-corrected chi connectivity index (χ0v) is 24.2. The van der Waals surface area contributed by atoms with Gasteiger partial charge in [0.1, 0.15) is 6.10 Å². The normalized spacial score (nSPS) is 13.2. The van der Waals surface area contributed by atoms with Gasteiger partial charge < -0.3 is 29.9 Å². The molecule has 0 saturated carbocycles. The van der Waals surface area contributed by atoms with Crippen molar-refractivity contribution in [3.05, 3.63) is 94.6 Å². The summed E-state index contributed by atoms with van der Waals surface area (Å²) < 4.78 is 0. The molecule has 1 aliphatic carbocycles. The molecule has 1 aliphatic rings. The first kappa shape index (κ1) is 30.9. The average molecular weight is 560 g/mol. The van der Waals surface area contributed by atoms with E-state index in [9.17, 15) is 5.11 Å². The third-order valence-corrected chi connectivity index (χ3v) is 5.32. The summed E-state index contributed by atoms with van der Waals surface area (Å²) in [5.41, 5.74) is 5.78.